The summed E-state index contributed by atoms with van der Waals surface area (Å²) in [4.78, 5) is 17.3. The molecule has 0 amide bonds. The number of nitro benzene ring substituents is 1. The number of nitro groups is 1. The van der Waals surface area contributed by atoms with Gasteiger partial charge in [0.2, 0.25) is 0 Å². The molecule has 2 aromatic carbocycles. The van der Waals surface area contributed by atoms with Crippen LogP contribution in [0.15, 0.2) is 66.9 Å². The second-order valence-electron chi connectivity index (χ2n) is 8.90. The summed E-state index contributed by atoms with van der Waals surface area (Å²) in [5.41, 5.74) is 4.54. The number of aromatic nitrogens is 2. The van der Waals surface area contributed by atoms with Crippen LogP contribution in [0.2, 0.25) is 5.02 Å². The number of aryl methyl sites for hydroxylation is 1. The molecule has 2 N–H and O–H groups in total. The molecule has 4 aromatic rings. The Hall–Kier alpha value is -4.15. The van der Waals surface area contributed by atoms with E-state index in [0.29, 0.717) is 27.3 Å². The van der Waals surface area contributed by atoms with Crippen LogP contribution in [0.3, 0.4) is 0 Å². The van der Waals surface area contributed by atoms with Gasteiger partial charge in [-0.1, -0.05) is 17.7 Å². The van der Waals surface area contributed by atoms with E-state index in [4.69, 9.17) is 28.6 Å². The third kappa shape index (κ3) is 4.31. The fraction of sp³-hybridized carbons (Fsp3) is 0.185. The third-order valence-corrected chi connectivity index (χ3v) is 7.25. The second-order valence-corrected chi connectivity index (χ2v) is 9.73. The maximum Gasteiger partial charge on any atom is 0.273 e. The number of phenolic OH excluding ortho intramolecular Hbond substituents is 1. The molecule has 1 aliphatic rings. The molecule has 1 fully saturated rings. The van der Waals surface area contributed by atoms with Gasteiger partial charge in [0, 0.05) is 28.7 Å². The number of aromatic hydroxyl groups is 1. The summed E-state index contributed by atoms with van der Waals surface area (Å²) in [7, 11) is 1.48. The van der Waals surface area contributed by atoms with E-state index in [-0.39, 0.29) is 17.5 Å². The smallest absolute Gasteiger partial charge is 0.273 e. The number of anilines is 1. The topological polar surface area (TPSA) is 106 Å². The SMILES string of the molecule is COc1cc([N+](=O)[O-])ccc1-n1c(C)cc(C2C(c3ccccn3)NC(=S)N2c2cc(Cl)ccc2O)c1C. The van der Waals surface area contributed by atoms with Crippen molar-refractivity contribution in [3.63, 3.8) is 0 Å². The van der Waals surface area contributed by atoms with Gasteiger partial charge in [0.05, 0.1) is 47.3 Å². The molecule has 3 heterocycles. The molecular formula is C27H24ClN5O4S. The number of halogens is 1. The molecule has 194 valence electrons. The molecule has 11 heteroatoms. The van der Waals surface area contributed by atoms with Gasteiger partial charge in [-0.2, -0.15) is 0 Å². The Morgan fingerprint density at radius 2 is 1.92 bits per heavy atom. The average Bonchev–Trinajstić information content (AvgIpc) is 3.40. The maximum absolute atomic E-state index is 11.3. The molecule has 1 saturated heterocycles. The molecule has 5 rings (SSSR count). The Morgan fingerprint density at radius 1 is 1.13 bits per heavy atom. The Balaban J connectivity index is 1.71. The third-order valence-electron chi connectivity index (χ3n) is 6.70. The van der Waals surface area contributed by atoms with Crippen molar-refractivity contribution >= 4 is 40.3 Å². The van der Waals surface area contributed by atoms with E-state index in [1.165, 1.54) is 25.3 Å². The van der Waals surface area contributed by atoms with Crippen LogP contribution in [-0.2, 0) is 0 Å². The van der Waals surface area contributed by atoms with Crippen molar-refractivity contribution in [1.29, 1.82) is 0 Å². The Labute approximate surface area is 229 Å². The van der Waals surface area contributed by atoms with E-state index in [9.17, 15) is 15.2 Å². The zero-order chi connectivity index (χ0) is 27.1. The number of non-ortho nitro benzene ring substituents is 1. The number of nitrogens with zero attached hydrogens (tertiary/aromatic N) is 4. The Bertz CT molecular complexity index is 1560. The molecule has 0 aliphatic carbocycles. The number of methoxy groups -OCH3 is 1. The van der Waals surface area contributed by atoms with Gasteiger partial charge in [0.15, 0.2) is 5.11 Å². The number of hydrogen-bond acceptors (Lipinski definition) is 6. The van der Waals surface area contributed by atoms with Gasteiger partial charge in [0.25, 0.3) is 5.69 Å². The average molecular weight is 550 g/mol. The number of thiocarbonyl (C=S) groups is 1. The lowest BCUT2D eigenvalue weighted by molar-refractivity contribution is -0.384. The van der Waals surface area contributed by atoms with Crippen molar-refractivity contribution in [2.75, 3.05) is 12.0 Å². The van der Waals surface area contributed by atoms with Crippen LogP contribution < -0.4 is 15.0 Å². The van der Waals surface area contributed by atoms with E-state index in [0.717, 1.165) is 22.6 Å². The van der Waals surface area contributed by atoms with E-state index < -0.39 is 11.0 Å². The number of nitrogens with one attached hydrogen (secondary N) is 1. The van der Waals surface area contributed by atoms with Crippen LogP contribution in [0.5, 0.6) is 11.5 Å². The highest BCUT2D eigenvalue weighted by Gasteiger charge is 2.43. The minimum Gasteiger partial charge on any atom is -0.506 e. The molecule has 0 spiro atoms. The number of phenols is 1. The van der Waals surface area contributed by atoms with Crippen LogP contribution in [-0.4, -0.2) is 31.8 Å². The van der Waals surface area contributed by atoms with Crippen LogP contribution in [0.4, 0.5) is 11.4 Å². The van der Waals surface area contributed by atoms with Crippen molar-refractivity contribution in [2.24, 2.45) is 0 Å². The number of rotatable bonds is 6. The fourth-order valence-electron chi connectivity index (χ4n) is 5.04. The van der Waals surface area contributed by atoms with Gasteiger partial charge in [-0.15, -0.1) is 0 Å². The van der Waals surface area contributed by atoms with E-state index >= 15 is 0 Å². The quantitative estimate of drug-likeness (QED) is 0.173. The molecule has 38 heavy (non-hydrogen) atoms. The summed E-state index contributed by atoms with van der Waals surface area (Å²) in [5.74, 6) is 0.411. The first kappa shape index (κ1) is 25.5. The van der Waals surface area contributed by atoms with Crippen molar-refractivity contribution in [2.45, 2.75) is 25.9 Å². The lowest BCUT2D eigenvalue weighted by Crippen LogP contribution is -2.29. The van der Waals surface area contributed by atoms with Crippen molar-refractivity contribution in [1.82, 2.24) is 14.9 Å². The zero-order valence-electron chi connectivity index (χ0n) is 20.8. The molecule has 2 unspecified atom stereocenters. The Kier molecular flexibility index (Phi) is 6.68. The van der Waals surface area contributed by atoms with E-state index in [2.05, 4.69) is 10.3 Å². The van der Waals surface area contributed by atoms with Gasteiger partial charge >= 0.3 is 0 Å². The highest BCUT2D eigenvalue weighted by molar-refractivity contribution is 7.80. The molecule has 1 aliphatic heterocycles. The first-order valence-electron chi connectivity index (χ1n) is 11.7. The van der Waals surface area contributed by atoms with Gasteiger partial charge < -0.3 is 24.6 Å². The summed E-state index contributed by atoms with van der Waals surface area (Å²) < 4.78 is 7.53. The first-order chi connectivity index (χ1) is 18.2. The van der Waals surface area contributed by atoms with E-state index in [1.807, 2.05) is 47.6 Å². The van der Waals surface area contributed by atoms with Crippen LogP contribution in [0, 0.1) is 24.0 Å². The van der Waals surface area contributed by atoms with Crippen molar-refractivity contribution in [3.05, 3.63) is 105 Å². The second kappa shape index (κ2) is 9.96. The standard InChI is InChI=1S/C27H24ClN5O4S/c1-15-12-19(16(2)31(15)21-9-8-18(33(35)36)14-24(21)37-3)26-25(20-6-4-5-11-29-20)30-27(38)32(26)22-13-17(28)7-10-23(22)34/h4-14,25-26,34H,1-3H3,(H,30,38). The summed E-state index contributed by atoms with van der Waals surface area (Å²) >= 11 is 12.1. The highest BCUT2D eigenvalue weighted by Crippen LogP contribution is 2.47. The van der Waals surface area contributed by atoms with Crippen molar-refractivity contribution in [3.8, 4) is 17.2 Å². The van der Waals surface area contributed by atoms with Crippen LogP contribution in [0.1, 0.15) is 34.7 Å². The summed E-state index contributed by atoms with van der Waals surface area (Å²) in [6, 6.07) is 16.4. The van der Waals surface area contributed by atoms with Gasteiger partial charge in [-0.3, -0.25) is 15.1 Å². The van der Waals surface area contributed by atoms with Crippen LogP contribution >= 0.6 is 23.8 Å². The molecule has 2 aromatic heterocycles. The largest absolute Gasteiger partial charge is 0.506 e. The number of benzene rings is 2. The Morgan fingerprint density at radius 3 is 2.61 bits per heavy atom. The summed E-state index contributed by atoms with van der Waals surface area (Å²) in [6.07, 6.45) is 1.72. The number of hydrogen-bond donors (Lipinski definition) is 2. The molecule has 0 saturated carbocycles. The lowest BCUT2D eigenvalue weighted by Gasteiger charge is -2.29. The minimum absolute atomic E-state index is 0.0380. The molecule has 9 nitrogen and oxygen atoms in total. The maximum atomic E-state index is 11.3. The number of ether oxygens (including phenoxy) is 1. The lowest BCUT2D eigenvalue weighted by atomic mass is 9.96. The fourth-order valence-corrected chi connectivity index (χ4v) is 5.55. The molecule has 0 bridgehead atoms. The molecule has 0 radical (unpaired) electrons. The van der Waals surface area contributed by atoms with Crippen LogP contribution in [0.25, 0.3) is 5.69 Å². The monoisotopic (exact) mass is 549 g/mol. The van der Waals surface area contributed by atoms with Gasteiger partial charge in [-0.05, 0) is 74.1 Å². The van der Waals surface area contributed by atoms with Gasteiger partial charge in [-0.25, -0.2) is 0 Å². The van der Waals surface area contributed by atoms with Crippen molar-refractivity contribution < 1.29 is 14.8 Å². The zero-order valence-corrected chi connectivity index (χ0v) is 22.3. The predicted molar refractivity (Wildman–Crippen MR) is 149 cm³/mol. The molecule has 2 atom stereocenters. The minimum atomic E-state index is -0.453. The van der Waals surface area contributed by atoms with Gasteiger partial charge in [0.1, 0.15) is 11.5 Å². The normalized spacial score (nSPS) is 16.9. The highest BCUT2D eigenvalue weighted by atomic mass is 35.5. The first-order valence-corrected chi connectivity index (χ1v) is 12.5. The van der Waals surface area contributed by atoms with E-state index in [1.54, 1.807) is 24.4 Å². The number of pyridine rings is 1. The molecular weight excluding hydrogens is 526 g/mol. The summed E-state index contributed by atoms with van der Waals surface area (Å²) in [6.45, 7) is 3.92. The summed E-state index contributed by atoms with van der Waals surface area (Å²) in [5, 5.41) is 26.4. The predicted octanol–water partition coefficient (Wildman–Crippen LogP) is 5.94.